The molecule has 1 fully saturated rings. The van der Waals surface area contributed by atoms with E-state index in [4.69, 9.17) is 0 Å². The molecule has 11 heteroatoms. The first kappa shape index (κ1) is 19.3. The summed E-state index contributed by atoms with van der Waals surface area (Å²) < 4.78 is 26.4. The van der Waals surface area contributed by atoms with Crippen molar-refractivity contribution >= 4 is 34.0 Å². The van der Waals surface area contributed by atoms with Gasteiger partial charge < -0.3 is 10.6 Å². The summed E-state index contributed by atoms with van der Waals surface area (Å²) in [7, 11) is -4.00. The molecule has 9 nitrogen and oxygen atoms in total. The molecule has 3 N–H and O–H groups in total. The highest BCUT2D eigenvalue weighted by molar-refractivity contribution is 7.89. The molecule has 1 aromatic carbocycles. The summed E-state index contributed by atoms with van der Waals surface area (Å²) in [6, 6.07) is 5.09. The van der Waals surface area contributed by atoms with Crippen LogP contribution in [0.4, 0.5) is 5.69 Å². The van der Waals surface area contributed by atoms with Crippen LogP contribution in [0.25, 0.3) is 0 Å². The zero-order valence-corrected chi connectivity index (χ0v) is 13.7. The molecule has 0 aliphatic carbocycles. The molecule has 1 aliphatic rings. The summed E-state index contributed by atoms with van der Waals surface area (Å²) in [5, 5.41) is 16.4. The summed E-state index contributed by atoms with van der Waals surface area (Å²) in [5.74, 6) is -0.213. The van der Waals surface area contributed by atoms with E-state index in [9.17, 15) is 23.3 Å². The number of para-hydroxylation sites is 1. The van der Waals surface area contributed by atoms with E-state index in [2.05, 4.69) is 15.4 Å². The van der Waals surface area contributed by atoms with Gasteiger partial charge in [0.05, 0.1) is 10.8 Å². The molecule has 1 aromatic rings. The number of sulfonamides is 1. The van der Waals surface area contributed by atoms with Crippen molar-refractivity contribution in [2.45, 2.75) is 4.90 Å². The topological polar surface area (TPSA) is 130 Å². The Morgan fingerprint density at radius 2 is 1.96 bits per heavy atom. The van der Waals surface area contributed by atoms with Crippen molar-refractivity contribution in [1.82, 2.24) is 15.4 Å². The van der Waals surface area contributed by atoms with Crippen molar-refractivity contribution in [2.75, 3.05) is 26.2 Å². The molecule has 1 heterocycles. The van der Waals surface area contributed by atoms with Crippen LogP contribution in [0.15, 0.2) is 29.2 Å². The van der Waals surface area contributed by atoms with E-state index < -0.39 is 25.5 Å². The van der Waals surface area contributed by atoms with Gasteiger partial charge in [-0.05, 0) is 6.07 Å². The van der Waals surface area contributed by atoms with Crippen molar-refractivity contribution in [3.8, 4) is 0 Å². The molecule has 23 heavy (non-hydrogen) atoms. The third kappa shape index (κ3) is 4.86. The minimum Gasteiger partial charge on any atom is -0.354 e. The quantitative estimate of drug-likeness (QED) is 0.344. The number of hydrogen-bond acceptors (Lipinski definition) is 6. The van der Waals surface area contributed by atoms with Crippen LogP contribution >= 0.6 is 12.4 Å². The minimum absolute atomic E-state index is 0. The molecule has 1 aliphatic heterocycles. The van der Waals surface area contributed by atoms with Gasteiger partial charge in [0, 0.05) is 32.2 Å². The second kappa shape index (κ2) is 8.20. The number of hydrogen-bond donors (Lipinski definition) is 3. The van der Waals surface area contributed by atoms with E-state index in [1.807, 2.05) is 0 Å². The maximum Gasteiger partial charge on any atom is 0.289 e. The van der Waals surface area contributed by atoms with Gasteiger partial charge in [0.15, 0.2) is 4.90 Å². The molecular formula is C12H17ClN4O5S. The molecule has 0 unspecified atom stereocenters. The molecule has 0 spiro atoms. The predicted octanol–water partition coefficient (Wildman–Crippen LogP) is -0.369. The van der Waals surface area contributed by atoms with Crippen LogP contribution in [0.3, 0.4) is 0 Å². The van der Waals surface area contributed by atoms with Gasteiger partial charge in [-0.25, -0.2) is 13.1 Å². The molecule has 0 aromatic heterocycles. The summed E-state index contributed by atoms with van der Waals surface area (Å²) in [5.41, 5.74) is -0.487. The third-order valence-electron chi connectivity index (χ3n) is 3.22. The van der Waals surface area contributed by atoms with Crippen LogP contribution < -0.4 is 15.4 Å². The first-order valence-corrected chi connectivity index (χ1v) is 8.11. The summed E-state index contributed by atoms with van der Waals surface area (Å²) in [6.07, 6.45) is 0. The second-order valence-electron chi connectivity index (χ2n) is 4.77. The SMILES string of the molecule is Cl.O=C(NCCNS(=O)(=O)c1ccccc1[N+](=O)[O-])C1CNC1. The van der Waals surface area contributed by atoms with E-state index in [0.717, 1.165) is 6.07 Å². The number of halogens is 1. The summed E-state index contributed by atoms with van der Waals surface area (Å²) in [6.45, 7) is 1.32. The van der Waals surface area contributed by atoms with Crippen molar-refractivity contribution in [2.24, 2.45) is 5.92 Å². The molecular weight excluding hydrogens is 348 g/mol. The first-order valence-electron chi connectivity index (χ1n) is 6.63. The minimum atomic E-state index is -4.00. The van der Waals surface area contributed by atoms with Crippen molar-refractivity contribution < 1.29 is 18.1 Å². The van der Waals surface area contributed by atoms with Crippen LogP contribution in [-0.2, 0) is 14.8 Å². The Bertz CT molecular complexity index is 678. The monoisotopic (exact) mass is 364 g/mol. The van der Waals surface area contributed by atoms with E-state index in [0.29, 0.717) is 13.1 Å². The second-order valence-corrected chi connectivity index (χ2v) is 6.50. The zero-order valence-electron chi connectivity index (χ0n) is 12.0. The zero-order chi connectivity index (χ0) is 16.2. The van der Waals surface area contributed by atoms with Gasteiger partial charge in [-0.3, -0.25) is 14.9 Å². The molecule has 0 saturated carbocycles. The van der Waals surface area contributed by atoms with Crippen LogP contribution in [0.5, 0.6) is 0 Å². The van der Waals surface area contributed by atoms with E-state index in [-0.39, 0.29) is 37.3 Å². The summed E-state index contributed by atoms with van der Waals surface area (Å²) >= 11 is 0. The van der Waals surface area contributed by atoms with Gasteiger partial charge in [-0.1, -0.05) is 12.1 Å². The van der Waals surface area contributed by atoms with Gasteiger partial charge in [0.25, 0.3) is 5.69 Å². The van der Waals surface area contributed by atoms with Crippen LogP contribution in [0.1, 0.15) is 0 Å². The molecule has 0 atom stereocenters. The molecule has 0 radical (unpaired) electrons. The Morgan fingerprint density at radius 3 is 2.52 bits per heavy atom. The lowest BCUT2D eigenvalue weighted by atomic mass is 10.0. The number of carbonyl (C=O) groups is 1. The van der Waals surface area contributed by atoms with Gasteiger partial charge in [-0.15, -0.1) is 12.4 Å². The number of amides is 1. The lowest BCUT2D eigenvalue weighted by molar-refractivity contribution is -0.387. The van der Waals surface area contributed by atoms with Crippen molar-refractivity contribution in [3.05, 3.63) is 34.4 Å². The molecule has 2 rings (SSSR count). The fraction of sp³-hybridized carbons (Fsp3) is 0.417. The average Bonchev–Trinajstić information content (AvgIpc) is 2.42. The van der Waals surface area contributed by atoms with Gasteiger partial charge in [0.2, 0.25) is 15.9 Å². The van der Waals surface area contributed by atoms with Crippen LogP contribution in [-0.4, -0.2) is 45.4 Å². The van der Waals surface area contributed by atoms with E-state index in [1.165, 1.54) is 18.2 Å². The fourth-order valence-electron chi connectivity index (χ4n) is 1.90. The largest absolute Gasteiger partial charge is 0.354 e. The third-order valence-corrected chi connectivity index (χ3v) is 4.73. The van der Waals surface area contributed by atoms with Gasteiger partial charge in [0.1, 0.15) is 0 Å². The standard InChI is InChI=1S/C12H16N4O5S.ClH/c17-12(9-7-13-8-9)14-5-6-15-22(20,21)11-4-2-1-3-10(11)16(18)19;/h1-4,9,13,15H,5-8H2,(H,14,17);1H. The number of benzene rings is 1. The maximum atomic E-state index is 12.1. The number of nitrogens with zero attached hydrogens (tertiary/aromatic N) is 1. The number of carbonyl (C=O) groups excluding carboxylic acids is 1. The highest BCUT2D eigenvalue weighted by Crippen LogP contribution is 2.22. The highest BCUT2D eigenvalue weighted by atomic mass is 35.5. The number of rotatable bonds is 7. The van der Waals surface area contributed by atoms with Crippen LogP contribution in [0, 0.1) is 16.0 Å². The van der Waals surface area contributed by atoms with E-state index >= 15 is 0 Å². The normalized spacial score (nSPS) is 14.4. The van der Waals surface area contributed by atoms with Crippen molar-refractivity contribution in [1.29, 1.82) is 0 Å². The van der Waals surface area contributed by atoms with E-state index in [1.54, 1.807) is 0 Å². The average molecular weight is 365 g/mol. The van der Waals surface area contributed by atoms with Gasteiger partial charge >= 0.3 is 0 Å². The fourth-order valence-corrected chi connectivity index (χ4v) is 3.10. The molecule has 0 bridgehead atoms. The lowest BCUT2D eigenvalue weighted by Crippen LogP contribution is -2.51. The first-order chi connectivity index (χ1) is 10.4. The molecule has 128 valence electrons. The Kier molecular flexibility index (Phi) is 6.88. The number of nitro benzene ring substituents is 1. The van der Waals surface area contributed by atoms with Crippen molar-refractivity contribution in [3.63, 3.8) is 0 Å². The number of nitro groups is 1. The Hall–Kier alpha value is -1.75. The highest BCUT2D eigenvalue weighted by Gasteiger charge is 2.26. The van der Waals surface area contributed by atoms with Crippen LogP contribution in [0.2, 0.25) is 0 Å². The lowest BCUT2D eigenvalue weighted by Gasteiger charge is -2.25. The Balaban J connectivity index is 0.00000264. The molecule has 1 saturated heterocycles. The smallest absolute Gasteiger partial charge is 0.289 e. The maximum absolute atomic E-state index is 12.1. The van der Waals surface area contributed by atoms with Gasteiger partial charge in [-0.2, -0.15) is 0 Å². The Labute approximate surface area is 139 Å². The predicted molar refractivity (Wildman–Crippen MR) is 84.9 cm³/mol. The summed E-state index contributed by atoms with van der Waals surface area (Å²) in [4.78, 5) is 21.3. The molecule has 1 amide bonds. The Morgan fingerprint density at radius 1 is 1.30 bits per heavy atom. The number of nitrogens with one attached hydrogen (secondary N) is 3.